The molecule has 2 heterocycles. The Balaban J connectivity index is 1.75. The minimum absolute atomic E-state index is 0.0971. The maximum Gasteiger partial charge on any atom is 0.252 e. The number of para-hydroxylation sites is 1. The number of hydrogen-bond donors (Lipinski definition) is 1. The molecule has 7 heteroatoms. The molecule has 0 aliphatic carbocycles. The van der Waals surface area contributed by atoms with E-state index in [2.05, 4.69) is 12.2 Å². The van der Waals surface area contributed by atoms with E-state index in [1.807, 2.05) is 25.1 Å². The Kier molecular flexibility index (Phi) is 5.79. The van der Waals surface area contributed by atoms with Gasteiger partial charge in [0.2, 0.25) is 5.91 Å². The minimum Gasteiger partial charge on any atom is -0.325 e. The Morgan fingerprint density at radius 1 is 1.31 bits per heavy atom. The second kappa shape index (κ2) is 7.90. The van der Waals surface area contributed by atoms with Crippen LogP contribution in [0.25, 0.3) is 0 Å². The molecular formula is C19H24N2O3S2. The van der Waals surface area contributed by atoms with Crippen molar-refractivity contribution in [3.63, 3.8) is 0 Å². The lowest BCUT2D eigenvalue weighted by atomic mass is 9.98. The maximum atomic E-state index is 12.8. The normalized spacial score (nSPS) is 18.6. The zero-order valence-corrected chi connectivity index (χ0v) is 16.7. The summed E-state index contributed by atoms with van der Waals surface area (Å²) in [6.45, 7) is 4.73. The number of hydrogen-bond acceptors (Lipinski definition) is 4. The third-order valence-electron chi connectivity index (χ3n) is 4.83. The highest BCUT2D eigenvalue weighted by Crippen LogP contribution is 2.28. The van der Waals surface area contributed by atoms with Crippen molar-refractivity contribution in [2.75, 3.05) is 18.4 Å². The third kappa shape index (κ3) is 3.84. The molecule has 1 N–H and O–H groups in total. The average Bonchev–Trinajstić information content (AvgIpc) is 3.19. The Bertz CT molecular complexity index is 876. The highest BCUT2D eigenvalue weighted by Gasteiger charge is 2.34. The smallest absolute Gasteiger partial charge is 0.252 e. The van der Waals surface area contributed by atoms with Crippen molar-refractivity contribution < 1.29 is 13.2 Å². The fourth-order valence-corrected chi connectivity index (χ4v) is 6.01. The van der Waals surface area contributed by atoms with Crippen molar-refractivity contribution in [3.8, 4) is 0 Å². The summed E-state index contributed by atoms with van der Waals surface area (Å²) in [4.78, 5) is 12.8. The van der Waals surface area contributed by atoms with Gasteiger partial charge in [-0.05, 0) is 48.8 Å². The number of amides is 1. The number of nitrogens with one attached hydrogen (secondary N) is 1. The molecule has 0 saturated carbocycles. The van der Waals surface area contributed by atoms with Gasteiger partial charge in [0.15, 0.2) is 0 Å². The molecule has 2 aromatic rings. The van der Waals surface area contributed by atoms with E-state index >= 15 is 0 Å². The van der Waals surface area contributed by atoms with Gasteiger partial charge in [0.25, 0.3) is 10.0 Å². The summed E-state index contributed by atoms with van der Waals surface area (Å²) in [7, 11) is -3.51. The maximum absolute atomic E-state index is 12.8. The molecule has 0 radical (unpaired) electrons. The van der Waals surface area contributed by atoms with Crippen molar-refractivity contribution in [1.29, 1.82) is 0 Å². The molecular weight excluding hydrogens is 368 g/mol. The van der Waals surface area contributed by atoms with Gasteiger partial charge in [-0.15, -0.1) is 11.3 Å². The fraction of sp³-hybridized carbons (Fsp3) is 0.421. The predicted octanol–water partition coefficient (Wildman–Crippen LogP) is 3.66. The van der Waals surface area contributed by atoms with Crippen LogP contribution in [-0.2, 0) is 21.2 Å². The summed E-state index contributed by atoms with van der Waals surface area (Å²) in [5, 5.41) is 4.80. The zero-order chi connectivity index (χ0) is 18.7. The van der Waals surface area contributed by atoms with E-state index in [1.165, 1.54) is 15.6 Å². The van der Waals surface area contributed by atoms with Crippen molar-refractivity contribution in [2.45, 2.75) is 37.3 Å². The van der Waals surface area contributed by atoms with E-state index in [9.17, 15) is 13.2 Å². The van der Waals surface area contributed by atoms with Gasteiger partial charge in [-0.3, -0.25) is 4.79 Å². The minimum atomic E-state index is -3.51. The molecule has 0 bridgehead atoms. The number of aryl methyl sites for hydroxylation is 2. The van der Waals surface area contributed by atoms with Crippen LogP contribution in [0.3, 0.4) is 0 Å². The van der Waals surface area contributed by atoms with E-state index in [0.717, 1.165) is 23.2 Å². The van der Waals surface area contributed by atoms with Crippen molar-refractivity contribution in [1.82, 2.24) is 4.31 Å². The molecule has 1 aromatic heterocycles. The summed E-state index contributed by atoms with van der Waals surface area (Å²) < 4.78 is 27.3. The molecule has 1 saturated heterocycles. The van der Waals surface area contributed by atoms with E-state index in [4.69, 9.17) is 0 Å². The number of benzene rings is 1. The lowest BCUT2D eigenvalue weighted by Crippen LogP contribution is -2.43. The molecule has 1 fully saturated rings. The molecule has 1 aliphatic heterocycles. The Morgan fingerprint density at radius 2 is 2.12 bits per heavy atom. The van der Waals surface area contributed by atoms with E-state index in [1.54, 1.807) is 17.5 Å². The topological polar surface area (TPSA) is 66.5 Å². The number of rotatable bonds is 5. The first-order valence-corrected chi connectivity index (χ1v) is 11.2. The number of thiophene rings is 1. The highest BCUT2D eigenvalue weighted by atomic mass is 32.2. The molecule has 3 rings (SSSR count). The molecule has 1 aliphatic rings. The largest absolute Gasteiger partial charge is 0.325 e. The number of sulfonamides is 1. The first kappa shape index (κ1) is 19.1. The van der Waals surface area contributed by atoms with Crippen LogP contribution >= 0.6 is 11.3 Å². The molecule has 0 unspecified atom stereocenters. The van der Waals surface area contributed by atoms with Crippen LogP contribution in [0.2, 0.25) is 0 Å². The summed E-state index contributed by atoms with van der Waals surface area (Å²) in [6.07, 6.45) is 2.23. The van der Waals surface area contributed by atoms with Crippen LogP contribution < -0.4 is 5.32 Å². The number of piperidine rings is 1. The van der Waals surface area contributed by atoms with Crippen LogP contribution in [0, 0.1) is 12.8 Å². The Labute approximate surface area is 159 Å². The predicted molar refractivity (Wildman–Crippen MR) is 105 cm³/mol. The van der Waals surface area contributed by atoms with Gasteiger partial charge < -0.3 is 5.32 Å². The van der Waals surface area contributed by atoms with E-state index in [-0.39, 0.29) is 18.4 Å². The summed E-state index contributed by atoms with van der Waals surface area (Å²) in [5.74, 6) is -0.428. The Hall–Kier alpha value is -1.70. The number of carbonyl (C=O) groups excluding carboxylic acids is 1. The van der Waals surface area contributed by atoms with Crippen LogP contribution in [0.1, 0.15) is 30.9 Å². The first-order valence-electron chi connectivity index (χ1n) is 8.86. The quantitative estimate of drug-likeness (QED) is 0.844. The molecule has 1 amide bonds. The van der Waals surface area contributed by atoms with Crippen LogP contribution in [0.5, 0.6) is 0 Å². The average molecular weight is 393 g/mol. The van der Waals surface area contributed by atoms with Crippen LogP contribution in [0.4, 0.5) is 5.69 Å². The molecule has 140 valence electrons. The van der Waals surface area contributed by atoms with Crippen LogP contribution in [-0.4, -0.2) is 31.7 Å². The molecule has 1 aromatic carbocycles. The molecule has 5 nitrogen and oxygen atoms in total. The lowest BCUT2D eigenvalue weighted by Gasteiger charge is -2.31. The standard InChI is InChI=1S/C19H24N2O3S2/c1-3-15-8-4-7-14(2)18(15)20-19(22)16-9-5-11-21(13-16)26(23,24)17-10-6-12-25-17/h4,6-8,10,12,16H,3,5,9,11,13H2,1-2H3,(H,20,22)/t16-/m0/s1. The van der Waals surface area contributed by atoms with Gasteiger partial charge in [-0.2, -0.15) is 4.31 Å². The van der Waals surface area contributed by atoms with Gasteiger partial charge in [0.05, 0.1) is 5.92 Å². The van der Waals surface area contributed by atoms with E-state index in [0.29, 0.717) is 23.6 Å². The fourth-order valence-electron chi connectivity index (χ4n) is 3.34. The number of carbonyl (C=O) groups is 1. The molecule has 0 spiro atoms. The number of nitrogens with zero attached hydrogens (tertiary/aromatic N) is 1. The SMILES string of the molecule is CCc1cccc(C)c1NC(=O)[C@H]1CCCN(S(=O)(=O)c2cccs2)C1. The van der Waals surface area contributed by atoms with E-state index < -0.39 is 10.0 Å². The highest BCUT2D eigenvalue weighted by molar-refractivity contribution is 7.91. The van der Waals surface area contributed by atoms with Gasteiger partial charge in [0.1, 0.15) is 4.21 Å². The van der Waals surface area contributed by atoms with Crippen LogP contribution in [0.15, 0.2) is 39.9 Å². The summed E-state index contributed by atoms with van der Waals surface area (Å²) >= 11 is 1.21. The van der Waals surface area contributed by atoms with Gasteiger partial charge in [0, 0.05) is 18.8 Å². The zero-order valence-electron chi connectivity index (χ0n) is 15.1. The van der Waals surface area contributed by atoms with Crippen molar-refractivity contribution >= 4 is 33.0 Å². The third-order valence-corrected chi connectivity index (χ3v) is 8.07. The first-order chi connectivity index (χ1) is 12.4. The lowest BCUT2D eigenvalue weighted by molar-refractivity contribution is -0.120. The Morgan fingerprint density at radius 3 is 2.81 bits per heavy atom. The molecule has 26 heavy (non-hydrogen) atoms. The summed E-state index contributed by atoms with van der Waals surface area (Å²) in [5.41, 5.74) is 2.98. The van der Waals surface area contributed by atoms with Gasteiger partial charge in [-0.1, -0.05) is 31.2 Å². The molecule has 1 atom stereocenters. The van der Waals surface area contributed by atoms with Crippen molar-refractivity contribution in [3.05, 3.63) is 46.8 Å². The van der Waals surface area contributed by atoms with Gasteiger partial charge in [-0.25, -0.2) is 8.42 Å². The van der Waals surface area contributed by atoms with Gasteiger partial charge >= 0.3 is 0 Å². The summed E-state index contributed by atoms with van der Waals surface area (Å²) in [6, 6.07) is 9.32. The second-order valence-electron chi connectivity index (χ2n) is 6.59. The monoisotopic (exact) mass is 392 g/mol. The van der Waals surface area contributed by atoms with Crippen molar-refractivity contribution in [2.24, 2.45) is 5.92 Å². The number of anilines is 1. The second-order valence-corrected chi connectivity index (χ2v) is 9.70.